The van der Waals surface area contributed by atoms with Crippen molar-refractivity contribution in [3.63, 3.8) is 0 Å². The topological polar surface area (TPSA) is 26.0 Å². The highest BCUT2D eigenvalue weighted by atomic mass is 35.5. The maximum Gasteiger partial charge on any atom is 0.0438 e. The molecule has 1 aromatic rings. The predicted octanol–water partition coefficient (Wildman–Crippen LogP) is 4.86. The average molecular weight is 266 g/mol. The van der Waals surface area contributed by atoms with Crippen LogP contribution in [0.5, 0.6) is 0 Å². The first-order valence-electron chi connectivity index (χ1n) is 6.93. The molecule has 2 N–H and O–H groups in total. The van der Waals surface area contributed by atoms with Crippen molar-refractivity contribution in [1.29, 1.82) is 0 Å². The van der Waals surface area contributed by atoms with E-state index in [0.717, 1.165) is 10.6 Å². The van der Waals surface area contributed by atoms with Crippen LogP contribution in [0, 0.1) is 18.3 Å². The Labute approximate surface area is 116 Å². The number of nitrogens with two attached hydrogens (primary N) is 1. The van der Waals surface area contributed by atoms with E-state index in [2.05, 4.69) is 26.0 Å². The molecule has 0 bridgehead atoms. The fraction of sp³-hybridized carbons (Fsp3) is 0.625. The van der Waals surface area contributed by atoms with Gasteiger partial charge in [0.2, 0.25) is 0 Å². The first-order valence-corrected chi connectivity index (χ1v) is 7.31. The quantitative estimate of drug-likeness (QED) is 0.812. The van der Waals surface area contributed by atoms with Gasteiger partial charge in [0.25, 0.3) is 0 Å². The summed E-state index contributed by atoms with van der Waals surface area (Å²) in [4.78, 5) is 0. The number of aryl methyl sites for hydroxylation is 1. The maximum absolute atomic E-state index is 6.51. The molecule has 1 aromatic carbocycles. The third kappa shape index (κ3) is 2.73. The molecular formula is C16H24ClN. The molecule has 2 heteroatoms. The molecule has 0 saturated heterocycles. The molecule has 18 heavy (non-hydrogen) atoms. The van der Waals surface area contributed by atoms with Crippen LogP contribution in [0.2, 0.25) is 5.02 Å². The molecule has 1 fully saturated rings. The molecule has 1 nitrogen and oxygen atoms in total. The third-order valence-electron chi connectivity index (χ3n) is 4.60. The van der Waals surface area contributed by atoms with Crippen molar-refractivity contribution in [2.24, 2.45) is 17.1 Å². The molecule has 1 aliphatic carbocycles. The van der Waals surface area contributed by atoms with E-state index in [1.165, 1.54) is 31.2 Å². The van der Waals surface area contributed by atoms with Gasteiger partial charge in [-0.05, 0) is 48.3 Å². The lowest BCUT2D eigenvalue weighted by molar-refractivity contribution is 0.112. The molecular weight excluding hydrogens is 242 g/mol. The standard InChI is InChI=1S/C16H24ClN/c1-11-7-8-12(10-14(11)17)15(18)13-6-4-5-9-16(13,2)3/h7-8,10,13,15H,4-6,9,18H2,1-3H3. The minimum atomic E-state index is 0.110. The van der Waals surface area contributed by atoms with Crippen LogP contribution in [-0.4, -0.2) is 0 Å². The Balaban J connectivity index is 2.24. The van der Waals surface area contributed by atoms with E-state index in [-0.39, 0.29) is 6.04 Å². The Morgan fingerprint density at radius 2 is 2.06 bits per heavy atom. The van der Waals surface area contributed by atoms with Gasteiger partial charge in [0.05, 0.1) is 0 Å². The van der Waals surface area contributed by atoms with Crippen LogP contribution in [0.1, 0.15) is 56.7 Å². The van der Waals surface area contributed by atoms with E-state index in [1.54, 1.807) is 0 Å². The molecule has 1 aliphatic rings. The molecule has 1 saturated carbocycles. The highest BCUT2D eigenvalue weighted by molar-refractivity contribution is 6.31. The minimum absolute atomic E-state index is 0.110. The molecule has 2 unspecified atom stereocenters. The van der Waals surface area contributed by atoms with Crippen molar-refractivity contribution in [3.05, 3.63) is 34.3 Å². The molecule has 0 amide bonds. The summed E-state index contributed by atoms with van der Waals surface area (Å²) in [5.41, 5.74) is 9.15. The second-order valence-corrected chi connectivity index (χ2v) is 6.78. The van der Waals surface area contributed by atoms with Crippen molar-refractivity contribution in [2.75, 3.05) is 0 Å². The zero-order valence-electron chi connectivity index (χ0n) is 11.7. The van der Waals surface area contributed by atoms with Crippen LogP contribution in [0.25, 0.3) is 0 Å². The van der Waals surface area contributed by atoms with Crippen molar-refractivity contribution >= 4 is 11.6 Å². The Morgan fingerprint density at radius 3 is 2.67 bits per heavy atom. The monoisotopic (exact) mass is 265 g/mol. The van der Waals surface area contributed by atoms with Crippen LogP contribution < -0.4 is 5.73 Å². The zero-order chi connectivity index (χ0) is 13.3. The second-order valence-electron chi connectivity index (χ2n) is 6.38. The van der Waals surface area contributed by atoms with Crippen LogP contribution in [-0.2, 0) is 0 Å². The molecule has 0 spiro atoms. The number of halogens is 1. The van der Waals surface area contributed by atoms with E-state index in [9.17, 15) is 0 Å². The summed E-state index contributed by atoms with van der Waals surface area (Å²) in [7, 11) is 0. The van der Waals surface area contributed by atoms with Crippen LogP contribution in [0.15, 0.2) is 18.2 Å². The fourth-order valence-corrected chi connectivity index (χ4v) is 3.42. The first-order chi connectivity index (χ1) is 8.42. The zero-order valence-corrected chi connectivity index (χ0v) is 12.4. The molecule has 2 atom stereocenters. The van der Waals surface area contributed by atoms with Crippen molar-refractivity contribution < 1.29 is 0 Å². The Bertz CT molecular complexity index is 425. The van der Waals surface area contributed by atoms with Gasteiger partial charge in [0.1, 0.15) is 0 Å². The molecule has 2 rings (SSSR count). The summed E-state index contributed by atoms with van der Waals surface area (Å²) in [6.07, 6.45) is 5.16. The number of hydrogen-bond acceptors (Lipinski definition) is 1. The van der Waals surface area contributed by atoms with Gasteiger partial charge in [-0.2, -0.15) is 0 Å². The minimum Gasteiger partial charge on any atom is -0.324 e. The van der Waals surface area contributed by atoms with Gasteiger partial charge in [-0.3, -0.25) is 0 Å². The average Bonchev–Trinajstić information content (AvgIpc) is 2.31. The van der Waals surface area contributed by atoms with E-state index in [1.807, 2.05) is 13.0 Å². The fourth-order valence-electron chi connectivity index (χ4n) is 3.24. The molecule has 0 aromatic heterocycles. The van der Waals surface area contributed by atoms with Gasteiger partial charge in [0, 0.05) is 11.1 Å². The Hall–Kier alpha value is -0.530. The lowest BCUT2D eigenvalue weighted by Crippen LogP contribution is -2.36. The molecule has 0 radical (unpaired) electrons. The van der Waals surface area contributed by atoms with Gasteiger partial charge in [-0.25, -0.2) is 0 Å². The van der Waals surface area contributed by atoms with Crippen molar-refractivity contribution in [3.8, 4) is 0 Å². The largest absolute Gasteiger partial charge is 0.324 e. The molecule has 0 heterocycles. The summed E-state index contributed by atoms with van der Waals surface area (Å²) in [6, 6.07) is 6.37. The maximum atomic E-state index is 6.51. The lowest BCUT2D eigenvalue weighted by atomic mass is 9.65. The Morgan fingerprint density at radius 1 is 1.33 bits per heavy atom. The Kier molecular flexibility index (Phi) is 4.03. The second kappa shape index (κ2) is 5.22. The third-order valence-corrected chi connectivity index (χ3v) is 5.01. The van der Waals surface area contributed by atoms with Gasteiger partial charge < -0.3 is 5.73 Å². The molecule has 0 aliphatic heterocycles. The normalized spacial score (nSPS) is 24.8. The highest BCUT2D eigenvalue weighted by Gasteiger charge is 2.36. The summed E-state index contributed by atoms with van der Waals surface area (Å²) >= 11 is 6.21. The summed E-state index contributed by atoms with van der Waals surface area (Å²) in [6.45, 7) is 6.74. The van der Waals surface area contributed by atoms with Crippen molar-refractivity contribution in [1.82, 2.24) is 0 Å². The SMILES string of the molecule is Cc1ccc(C(N)C2CCCCC2(C)C)cc1Cl. The lowest BCUT2D eigenvalue weighted by Gasteiger charge is -2.42. The van der Waals surface area contributed by atoms with E-state index in [0.29, 0.717) is 11.3 Å². The van der Waals surface area contributed by atoms with Crippen LogP contribution in [0.4, 0.5) is 0 Å². The van der Waals surface area contributed by atoms with E-state index < -0.39 is 0 Å². The number of benzene rings is 1. The highest BCUT2D eigenvalue weighted by Crippen LogP contribution is 2.46. The van der Waals surface area contributed by atoms with Gasteiger partial charge in [0.15, 0.2) is 0 Å². The van der Waals surface area contributed by atoms with Gasteiger partial charge >= 0.3 is 0 Å². The molecule has 100 valence electrons. The van der Waals surface area contributed by atoms with Crippen LogP contribution >= 0.6 is 11.6 Å². The van der Waals surface area contributed by atoms with Gasteiger partial charge in [-0.1, -0.05) is 50.4 Å². The first kappa shape index (κ1) is 13.9. The number of rotatable bonds is 2. The van der Waals surface area contributed by atoms with Gasteiger partial charge in [-0.15, -0.1) is 0 Å². The number of hydrogen-bond donors (Lipinski definition) is 1. The summed E-state index contributed by atoms with van der Waals surface area (Å²) in [5, 5.41) is 0.830. The predicted molar refractivity (Wildman–Crippen MR) is 78.9 cm³/mol. The smallest absolute Gasteiger partial charge is 0.0438 e. The van der Waals surface area contributed by atoms with E-state index >= 15 is 0 Å². The summed E-state index contributed by atoms with van der Waals surface area (Å²) < 4.78 is 0. The summed E-state index contributed by atoms with van der Waals surface area (Å²) in [5.74, 6) is 0.560. The van der Waals surface area contributed by atoms with Crippen LogP contribution in [0.3, 0.4) is 0 Å². The van der Waals surface area contributed by atoms with E-state index in [4.69, 9.17) is 17.3 Å². The van der Waals surface area contributed by atoms with Crippen molar-refractivity contribution in [2.45, 2.75) is 52.5 Å².